The number of nitrogens with two attached hydrogens (primary N) is 2. The lowest BCUT2D eigenvalue weighted by Gasteiger charge is -2.32. The molecule has 0 aromatic heterocycles. The summed E-state index contributed by atoms with van der Waals surface area (Å²) in [4.78, 5) is 19.3. The maximum atomic E-state index is 13.3. The minimum Gasteiger partial charge on any atom is -0.504 e. The molecule has 8 heteroatoms. The molecule has 0 radical (unpaired) electrons. The minimum atomic E-state index is -0.574. The number of fused-ring (bicyclic) bond motifs is 1. The molecule has 3 aliphatic rings. The zero-order valence-electron chi connectivity index (χ0n) is 29.1. The number of quaternary nitrogens is 1. The van der Waals surface area contributed by atoms with Gasteiger partial charge in [0.05, 0.1) is 12.3 Å². The molecule has 1 saturated carbocycles. The number of rotatable bonds is 19. The molecular formula is C40H57N4O4+. The molecule has 260 valence electrons. The van der Waals surface area contributed by atoms with Gasteiger partial charge in [-0.05, 0) is 66.5 Å². The van der Waals surface area contributed by atoms with E-state index in [0.717, 1.165) is 86.1 Å². The molecule has 2 aromatic carbocycles. The molecule has 1 aliphatic carbocycles. The largest absolute Gasteiger partial charge is 0.504 e. The molecule has 0 amide bonds. The fourth-order valence-electron chi connectivity index (χ4n) is 7.89. The van der Waals surface area contributed by atoms with Crippen LogP contribution >= 0.6 is 0 Å². The Morgan fingerprint density at radius 2 is 1.77 bits per heavy atom. The van der Waals surface area contributed by atoms with Crippen molar-refractivity contribution in [2.75, 3.05) is 13.3 Å². The first-order valence-electron chi connectivity index (χ1n) is 18.4. The number of hydrogen-bond donors (Lipinski definition) is 5. The van der Waals surface area contributed by atoms with Crippen molar-refractivity contribution in [1.82, 2.24) is 0 Å². The summed E-state index contributed by atoms with van der Waals surface area (Å²) in [7, 11) is 0. The number of ketones is 1. The summed E-state index contributed by atoms with van der Waals surface area (Å²) in [6.07, 6.45) is 16.2. The van der Waals surface area contributed by atoms with Crippen LogP contribution in [0.2, 0.25) is 0 Å². The highest BCUT2D eigenvalue weighted by molar-refractivity contribution is 5.90. The van der Waals surface area contributed by atoms with Crippen LogP contribution in [0, 0.1) is 5.92 Å². The number of unbranched alkanes of at least 4 members (excludes halogenated alkanes) is 4. The number of aryl methyl sites for hydroxylation is 1. The van der Waals surface area contributed by atoms with Gasteiger partial charge in [-0.1, -0.05) is 95.5 Å². The van der Waals surface area contributed by atoms with E-state index in [4.69, 9.17) is 21.2 Å². The lowest BCUT2D eigenvalue weighted by Crippen LogP contribution is -3.07. The van der Waals surface area contributed by atoms with Crippen molar-refractivity contribution in [2.24, 2.45) is 22.4 Å². The van der Waals surface area contributed by atoms with Gasteiger partial charge in [0.1, 0.15) is 24.2 Å². The number of phenolic OH excluding ortho intramolecular Hbond substituents is 1. The zero-order chi connectivity index (χ0) is 34.1. The van der Waals surface area contributed by atoms with Crippen molar-refractivity contribution >= 4 is 12.0 Å². The number of Topliss-reactive ketones (excluding diaryl/α,β-unsaturated/α-hetero) is 1. The van der Waals surface area contributed by atoms with Crippen molar-refractivity contribution in [1.29, 1.82) is 0 Å². The number of aliphatic imine (C=N–C) groups is 1. The number of ether oxygens (including phenoxy) is 1. The van der Waals surface area contributed by atoms with Gasteiger partial charge in [0.25, 0.3) is 0 Å². The van der Waals surface area contributed by atoms with E-state index in [2.05, 4.69) is 44.5 Å². The van der Waals surface area contributed by atoms with Crippen molar-refractivity contribution < 1.29 is 24.6 Å². The van der Waals surface area contributed by atoms with E-state index in [1.54, 1.807) is 6.07 Å². The molecule has 8 nitrogen and oxygen atoms in total. The second-order valence-corrected chi connectivity index (χ2v) is 14.2. The molecule has 1 fully saturated rings. The molecule has 48 heavy (non-hydrogen) atoms. The van der Waals surface area contributed by atoms with E-state index < -0.39 is 12.3 Å². The summed E-state index contributed by atoms with van der Waals surface area (Å²) < 4.78 is 6.19. The van der Waals surface area contributed by atoms with Crippen LogP contribution in [0.25, 0.3) is 0 Å². The average molecular weight is 658 g/mol. The van der Waals surface area contributed by atoms with Gasteiger partial charge in [0, 0.05) is 29.5 Å². The van der Waals surface area contributed by atoms with Gasteiger partial charge in [-0.3, -0.25) is 14.7 Å². The summed E-state index contributed by atoms with van der Waals surface area (Å²) in [5.41, 5.74) is 18.7. The third-order valence-electron chi connectivity index (χ3n) is 10.7. The number of hydrogen-bond acceptors (Lipinski definition) is 7. The highest BCUT2D eigenvalue weighted by Crippen LogP contribution is 2.49. The molecular weight excluding hydrogens is 600 g/mol. The number of allylic oxidation sites excluding steroid dienone is 1. The van der Waals surface area contributed by atoms with E-state index in [9.17, 15) is 15.0 Å². The minimum absolute atomic E-state index is 0.0844. The summed E-state index contributed by atoms with van der Waals surface area (Å²) in [5.74, 6) is 0.329. The van der Waals surface area contributed by atoms with E-state index in [1.165, 1.54) is 29.6 Å². The Labute approximate surface area is 287 Å². The summed E-state index contributed by atoms with van der Waals surface area (Å²) in [6, 6.07) is 13.8. The molecule has 5 rings (SSSR count). The molecule has 2 aromatic rings. The van der Waals surface area contributed by atoms with E-state index >= 15 is 0 Å². The first-order valence-corrected chi connectivity index (χ1v) is 18.4. The Bertz CT molecular complexity index is 1490. The standard InChI is InChI=1S/C40H56N4O4/c1-3-5-7-14-31(35(45)15-8-6-4-2)36(46)18-16-28-17-19-37(47)38(22-28)48-27-44-25-32-33(24-43-34(32)26-44)40(20-9-10-21-40)30-13-11-12-29(23-30)39(41)42/h11-13,17,19,22-24,26,31,35,39,45,47H,3-10,14-16,18,20-21,25,27,41-42H2,1-2H3/p+1. The highest BCUT2D eigenvalue weighted by atomic mass is 16.5. The SMILES string of the molecule is CCCCCC(O)C(CCCCC)C(=O)CCc1ccc(O)c(OC[NH+]2C=C3N=CC(C4(c5cccc(C(N)N)c5)CCCC4)=C3C2)c1. The summed E-state index contributed by atoms with van der Waals surface area (Å²) >= 11 is 0. The van der Waals surface area contributed by atoms with Crippen LogP contribution in [0.15, 0.2) is 70.5 Å². The second kappa shape index (κ2) is 16.9. The lowest BCUT2D eigenvalue weighted by atomic mass is 9.71. The molecule has 2 aliphatic heterocycles. The van der Waals surface area contributed by atoms with Crippen LogP contribution in [0.4, 0.5) is 0 Å². The van der Waals surface area contributed by atoms with Gasteiger partial charge in [-0.15, -0.1) is 0 Å². The van der Waals surface area contributed by atoms with Gasteiger partial charge in [0.2, 0.25) is 6.73 Å². The number of nitrogens with zero attached hydrogens (tertiary/aromatic N) is 1. The smallest absolute Gasteiger partial charge is 0.227 e. The number of phenols is 1. The Morgan fingerprint density at radius 1 is 1.02 bits per heavy atom. The predicted octanol–water partition coefficient (Wildman–Crippen LogP) is 5.92. The lowest BCUT2D eigenvalue weighted by molar-refractivity contribution is -0.855. The van der Waals surface area contributed by atoms with E-state index in [1.807, 2.05) is 18.2 Å². The van der Waals surface area contributed by atoms with Crippen molar-refractivity contribution in [3.8, 4) is 11.5 Å². The Kier molecular flexibility index (Phi) is 12.7. The first-order chi connectivity index (χ1) is 23.3. The van der Waals surface area contributed by atoms with Crippen LogP contribution in [0.3, 0.4) is 0 Å². The molecule has 7 N–H and O–H groups in total. The van der Waals surface area contributed by atoms with Gasteiger partial charge < -0.3 is 26.4 Å². The molecule has 0 saturated heterocycles. The zero-order valence-corrected chi connectivity index (χ0v) is 29.1. The van der Waals surface area contributed by atoms with E-state index in [0.29, 0.717) is 31.7 Å². The number of benzene rings is 2. The normalized spacial score (nSPS) is 19.5. The van der Waals surface area contributed by atoms with Gasteiger partial charge in [-0.25, -0.2) is 0 Å². The first kappa shape index (κ1) is 36.0. The second-order valence-electron chi connectivity index (χ2n) is 14.2. The third-order valence-corrected chi connectivity index (χ3v) is 10.7. The number of aliphatic hydroxyl groups is 1. The van der Waals surface area contributed by atoms with Crippen LogP contribution in [0.1, 0.15) is 120 Å². The Balaban J connectivity index is 1.22. The predicted molar refractivity (Wildman–Crippen MR) is 192 cm³/mol. The molecule has 2 heterocycles. The topological polar surface area (TPSA) is 136 Å². The fraction of sp³-hybridized carbons (Fsp3) is 0.550. The molecule has 0 bridgehead atoms. The third kappa shape index (κ3) is 8.46. The Hall–Kier alpha value is -3.30. The summed E-state index contributed by atoms with van der Waals surface area (Å²) in [6.45, 7) is 5.41. The van der Waals surface area contributed by atoms with E-state index in [-0.39, 0.29) is 22.9 Å². The monoisotopic (exact) mass is 657 g/mol. The maximum absolute atomic E-state index is 13.3. The quantitative estimate of drug-likeness (QED) is 0.0941. The van der Waals surface area contributed by atoms with Gasteiger partial charge in [0.15, 0.2) is 11.5 Å². The summed E-state index contributed by atoms with van der Waals surface area (Å²) in [5, 5.41) is 21.5. The number of nitrogens with one attached hydrogen (secondary N) is 1. The fourth-order valence-corrected chi connectivity index (χ4v) is 7.89. The van der Waals surface area contributed by atoms with Crippen LogP contribution in [-0.2, 0) is 16.6 Å². The average Bonchev–Trinajstić information content (AvgIpc) is 3.83. The molecule has 3 unspecified atom stereocenters. The Morgan fingerprint density at radius 3 is 2.50 bits per heavy atom. The molecule has 0 spiro atoms. The number of carbonyl (C=O) groups is 1. The van der Waals surface area contributed by atoms with Crippen molar-refractivity contribution in [3.05, 3.63) is 82.2 Å². The maximum Gasteiger partial charge on any atom is 0.227 e. The van der Waals surface area contributed by atoms with Crippen molar-refractivity contribution in [2.45, 2.75) is 121 Å². The van der Waals surface area contributed by atoms with Crippen LogP contribution in [0.5, 0.6) is 11.5 Å². The van der Waals surface area contributed by atoms with Gasteiger partial charge in [-0.2, -0.15) is 0 Å². The number of aromatic hydroxyl groups is 1. The molecule has 3 atom stereocenters. The van der Waals surface area contributed by atoms with Crippen LogP contribution in [-0.4, -0.2) is 41.6 Å². The highest BCUT2D eigenvalue weighted by Gasteiger charge is 2.44. The van der Waals surface area contributed by atoms with Gasteiger partial charge >= 0.3 is 0 Å². The van der Waals surface area contributed by atoms with Crippen molar-refractivity contribution in [3.63, 3.8) is 0 Å². The van der Waals surface area contributed by atoms with Crippen LogP contribution < -0.4 is 21.1 Å². The number of aliphatic hydroxyl groups excluding tert-OH is 1. The number of carbonyl (C=O) groups excluding carboxylic acids is 1.